The molecule has 0 spiro atoms. The van der Waals surface area contributed by atoms with Gasteiger partial charge < -0.3 is 15.8 Å². The van der Waals surface area contributed by atoms with Crippen LogP contribution < -0.4 is 15.8 Å². The van der Waals surface area contributed by atoms with Crippen molar-refractivity contribution in [2.24, 2.45) is 5.73 Å². The summed E-state index contributed by atoms with van der Waals surface area (Å²) in [6.07, 6.45) is 0. The molecule has 0 heterocycles. The quantitative estimate of drug-likeness (QED) is 0.821. The van der Waals surface area contributed by atoms with Crippen molar-refractivity contribution >= 4 is 5.91 Å². The van der Waals surface area contributed by atoms with Gasteiger partial charge in [0.1, 0.15) is 5.75 Å². The van der Waals surface area contributed by atoms with E-state index in [4.69, 9.17) is 10.5 Å². The summed E-state index contributed by atoms with van der Waals surface area (Å²) in [5.41, 5.74) is 8.53. The van der Waals surface area contributed by atoms with Crippen molar-refractivity contribution in [2.75, 3.05) is 20.2 Å². The Bertz CT molecular complexity index is 444. The second-order valence-electron chi connectivity index (χ2n) is 5.60. The van der Waals surface area contributed by atoms with Gasteiger partial charge in [0.25, 0.3) is 0 Å². The van der Waals surface area contributed by atoms with Crippen molar-refractivity contribution in [2.45, 2.75) is 33.1 Å². The summed E-state index contributed by atoms with van der Waals surface area (Å²) in [6, 6.07) is 4.27. The van der Waals surface area contributed by atoms with Crippen LogP contribution in [0.3, 0.4) is 0 Å². The molecular formula is C15H24N2O2. The van der Waals surface area contributed by atoms with E-state index in [2.05, 4.69) is 31.3 Å². The first-order chi connectivity index (χ1) is 8.77. The van der Waals surface area contributed by atoms with Crippen LogP contribution in [0.5, 0.6) is 5.75 Å². The molecule has 1 aromatic carbocycles. The van der Waals surface area contributed by atoms with Crippen molar-refractivity contribution in [1.82, 2.24) is 5.32 Å². The molecular weight excluding hydrogens is 240 g/mol. The molecule has 0 radical (unpaired) electrons. The monoisotopic (exact) mass is 264 g/mol. The predicted molar refractivity (Wildman–Crippen MR) is 77.6 cm³/mol. The molecule has 1 amide bonds. The molecule has 106 valence electrons. The van der Waals surface area contributed by atoms with Gasteiger partial charge in [0, 0.05) is 12.0 Å². The van der Waals surface area contributed by atoms with Gasteiger partial charge in [0.15, 0.2) is 0 Å². The molecule has 0 fully saturated rings. The van der Waals surface area contributed by atoms with Crippen LogP contribution in [0.1, 0.15) is 30.5 Å². The second-order valence-corrected chi connectivity index (χ2v) is 5.60. The molecule has 0 aromatic heterocycles. The van der Waals surface area contributed by atoms with E-state index in [0.717, 1.165) is 16.9 Å². The van der Waals surface area contributed by atoms with E-state index in [1.165, 1.54) is 5.56 Å². The molecule has 0 aliphatic heterocycles. The molecule has 0 atom stereocenters. The minimum Gasteiger partial charge on any atom is -0.496 e. The smallest absolute Gasteiger partial charge is 0.231 e. The first kappa shape index (κ1) is 15.5. The Hall–Kier alpha value is -1.55. The molecule has 19 heavy (non-hydrogen) atoms. The number of carbonyl (C=O) groups excluding carboxylic acids is 1. The normalized spacial score (nSPS) is 11.4. The number of rotatable bonds is 6. The Balaban J connectivity index is 2.92. The lowest BCUT2D eigenvalue weighted by Gasteiger charge is -2.27. The van der Waals surface area contributed by atoms with Gasteiger partial charge in [-0.15, -0.1) is 0 Å². The van der Waals surface area contributed by atoms with Crippen molar-refractivity contribution in [3.8, 4) is 5.75 Å². The predicted octanol–water partition coefficient (Wildman–Crippen LogP) is 1.66. The maximum atomic E-state index is 10.8. The van der Waals surface area contributed by atoms with Gasteiger partial charge >= 0.3 is 0 Å². The van der Waals surface area contributed by atoms with E-state index >= 15 is 0 Å². The molecule has 1 rings (SSSR count). The zero-order valence-corrected chi connectivity index (χ0v) is 12.5. The van der Waals surface area contributed by atoms with Gasteiger partial charge in [-0.05, 0) is 30.5 Å². The summed E-state index contributed by atoms with van der Waals surface area (Å²) in [7, 11) is 1.69. The van der Waals surface area contributed by atoms with Crippen LogP contribution in [-0.2, 0) is 10.2 Å². The Kier molecular flexibility index (Phi) is 4.95. The SMILES string of the molecule is COc1c(C)cc(C(C)(C)CNCC(N)=O)cc1C. The van der Waals surface area contributed by atoms with Gasteiger partial charge in [0.2, 0.25) is 5.91 Å². The van der Waals surface area contributed by atoms with Crippen LogP contribution in [-0.4, -0.2) is 26.1 Å². The highest BCUT2D eigenvalue weighted by Gasteiger charge is 2.22. The second kappa shape index (κ2) is 6.06. The Morgan fingerprint density at radius 3 is 2.26 bits per heavy atom. The van der Waals surface area contributed by atoms with Crippen molar-refractivity contribution < 1.29 is 9.53 Å². The van der Waals surface area contributed by atoms with Gasteiger partial charge in [-0.3, -0.25) is 4.79 Å². The third-order valence-corrected chi connectivity index (χ3v) is 3.31. The molecule has 0 saturated heterocycles. The molecule has 1 aromatic rings. The van der Waals surface area contributed by atoms with Crippen LogP contribution in [0, 0.1) is 13.8 Å². The number of hydrogen-bond donors (Lipinski definition) is 2. The number of carbonyl (C=O) groups is 1. The van der Waals surface area contributed by atoms with Gasteiger partial charge in [-0.1, -0.05) is 26.0 Å². The van der Waals surface area contributed by atoms with Crippen LogP contribution in [0.15, 0.2) is 12.1 Å². The fourth-order valence-electron chi connectivity index (χ4n) is 2.26. The lowest BCUT2D eigenvalue weighted by Crippen LogP contribution is -2.37. The average molecular weight is 264 g/mol. The fraction of sp³-hybridized carbons (Fsp3) is 0.533. The van der Waals surface area contributed by atoms with Crippen molar-refractivity contribution in [3.63, 3.8) is 0 Å². The molecule has 4 heteroatoms. The van der Waals surface area contributed by atoms with E-state index in [9.17, 15) is 4.79 Å². The number of methoxy groups -OCH3 is 1. The van der Waals surface area contributed by atoms with E-state index in [-0.39, 0.29) is 17.9 Å². The standard InChI is InChI=1S/C15H24N2O2/c1-10-6-12(7-11(2)14(10)19-5)15(3,4)9-17-8-13(16)18/h6-7,17H,8-9H2,1-5H3,(H2,16,18). The minimum absolute atomic E-state index is 0.0722. The molecule has 0 unspecified atom stereocenters. The largest absolute Gasteiger partial charge is 0.496 e. The van der Waals surface area contributed by atoms with Crippen molar-refractivity contribution in [1.29, 1.82) is 0 Å². The van der Waals surface area contributed by atoms with E-state index in [1.54, 1.807) is 7.11 Å². The van der Waals surface area contributed by atoms with Crippen molar-refractivity contribution in [3.05, 3.63) is 28.8 Å². The van der Waals surface area contributed by atoms with Crippen LogP contribution in [0.4, 0.5) is 0 Å². The summed E-state index contributed by atoms with van der Waals surface area (Å²) in [5, 5.41) is 3.09. The summed E-state index contributed by atoms with van der Waals surface area (Å²) in [6.45, 7) is 9.27. The molecule has 0 aliphatic carbocycles. The first-order valence-electron chi connectivity index (χ1n) is 6.42. The zero-order chi connectivity index (χ0) is 14.6. The molecule has 0 saturated carbocycles. The molecule has 0 bridgehead atoms. The highest BCUT2D eigenvalue weighted by molar-refractivity contribution is 5.75. The number of amides is 1. The third kappa shape index (κ3) is 3.96. The van der Waals surface area contributed by atoms with Crippen LogP contribution in [0.2, 0.25) is 0 Å². The maximum absolute atomic E-state index is 10.8. The third-order valence-electron chi connectivity index (χ3n) is 3.31. The minimum atomic E-state index is -0.335. The number of primary amides is 1. The Morgan fingerprint density at radius 2 is 1.84 bits per heavy atom. The number of aryl methyl sites for hydroxylation is 2. The lowest BCUT2D eigenvalue weighted by molar-refractivity contribution is -0.117. The summed E-state index contributed by atoms with van der Waals surface area (Å²) < 4.78 is 5.38. The number of nitrogens with one attached hydrogen (secondary N) is 1. The number of ether oxygens (including phenoxy) is 1. The Labute approximate surface area is 115 Å². The lowest BCUT2D eigenvalue weighted by atomic mass is 9.82. The highest BCUT2D eigenvalue weighted by Crippen LogP contribution is 2.30. The zero-order valence-electron chi connectivity index (χ0n) is 12.5. The number of nitrogens with two attached hydrogens (primary N) is 1. The molecule has 3 N–H and O–H groups in total. The van der Waals surface area contributed by atoms with E-state index in [1.807, 2.05) is 13.8 Å². The summed E-state index contributed by atoms with van der Waals surface area (Å²) in [5.74, 6) is 0.600. The fourth-order valence-corrected chi connectivity index (χ4v) is 2.26. The number of benzene rings is 1. The topological polar surface area (TPSA) is 64.3 Å². The number of hydrogen-bond acceptors (Lipinski definition) is 3. The Morgan fingerprint density at radius 1 is 1.32 bits per heavy atom. The summed E-state index contributed by atoms with van der Waals surface area (Å²) in [4.78, 5) is 10.8. The van der Waals surface area contributed by atoms with Crippen LogP contribution in [0.25, 0.3) is 0 Å². The molecule has 4 nitrogen and oxygen atoms in total. The van der Waals surface area contributed by atoms with E-state index < -0.39 is 0 Å². The summed E-state index contributed by atoms with van der Waals surface area (Å²) >= 11 is 0. The highest BCUT2D eigenvalue weighted by atomic mass is 16.5. The van der Waals surface area contributed by atoms with Crippen LogP contribution >= 0.6 is 0 Å². The van der Waals surface area contributed by atoms with Gasteiger partial charge in [-0.2, -0.15) is 0 Å². The van der Waals surface area contributed by atoms with E-state index in [0.29, 0.717) is 6.54 Å². The maximum Gasteiger partial charge on any atom is 0.231 e. The van der Waals surface area contributed by atoms with Gasteiger partial charge in [0.05, 0.1) is 13.7 Å². The first-order valence-corrected chi connectivity index (χ1v) is 6.42. The van der Waals surface area contributed by atoms with Gasteiger partial charge in [-0.25, -0.2) is 0 Å². The average Bonchev–Trinajstić information content (AvgIpc) is 2.27. The molecule has 0 aliphatic rings.